The Bertz CT molecular complexity index is 1070. The van der Waals surface area contributed by atoms with Crippen LogP contribution in [0.15, 0.2) is 46.8 Å². The van der Waals surface area contributed by atoms with E-state index in [-0.39, 0.29) is 30.0 Å². The van der Waals surface area contributed by atoms with Gasteiger partial charge in [0.15, 0.2) is 10.1 Å². The maximum atomic E-state index is 13.9. The van der Waals surface area contributed by atoms with Gasteiger partial charge < -0.3 is 14.4 Å². The number of carbonyl (C=O) groups is 2. The predicted octanol–water partition coefficient (Wildman–Crippen LogP) is 4.04. The number of thioether (sulfide) groups is 1. The van der Waals surface area contributed by atoms with Gasteiger partial charge >= 0.3 is 0 Å². The Morgan fingerprint density at radius 1 is 1.32 bits per heavy atom. The summed E-state index contributed by atoms with van der Waals surface area (Å²) >= 11 is 3.02. The van der Waals surface area contributed by atoms with E-state index in [9.17, 15) is 14.0 Å². The summed E-state index contributed by atoms with van der Waals surface area (Å²) < 4.78 is 27.2. The Hall–Kier alpha value is -2.49. The van der Waals surface area contributed by atoms with E-state index in [0.29, 0.717) is 31.2 Å². The number of fused-ring (bicyclic) bond motifs is 1. The molecule has 0 N–H and O–H groups in total. The van der Waals surface area contributed by atoms with Crippen LogP contribution in [-0.4, -0.2) is 59.7 Å². The number of ketones is 1. The molecule has 0 spiro atoms. The molecule has 3 aromatic rings. The molecule has 4 rings (SSSR count). The maximum absolute atomic E-state index is 13.9. The molecule has 1 atom stereocenters. The zero-order valence-electron chi connectivity index (χ0n) is 16.9. The van der Waals surface area contributed by atoms with Gasteiger partial charge in [0.2, 0.25) is 5.91 Å². The summed E-state index contributed by atoms with van der Waals surface area (Å²) in [5.41, 5.74) is 0.975. The Kier molecular flexibility index (Phi) is 6.84. The fourth-order valence-corrected chi connectivity index (χ4v) is 5.21. The number of halogens is 1. The van der Waals surface area contributed by atoms with Crippen LogP contribution >= 0.6 is 23.1 Å². The molecule has 31 heavy (non-hydrogen) atoms. The molecular weight excluding hydrogens is 439 g/mol. The highest BCUT2D eigenvalue weighted by atomic mass is 32.2. The summed E-state index contributed by atoms with van der Waals surface area (Å²) in [7, 11) is 0. The highest BCUT2D eigenvalue weighted by molar-refractivity contribution is 8.01. The lowest BCUT2D eigenvalue weighted by atomic mass is 10.1. The van der Waals surface area contributed by atoms with Crippen LogP contribution in [0, 0.1) is 5.82 Å². The van der Waals surface area contributed by atoms with Crippen molar-refractivity contribution in [1.82, 2.24) is 9.88 Å². The second kappa shape index (κ2) is 9.76. The second-order valence-corrected chi connectivity index (χ2v) is 9.33. The van der Waals surface area contributed by atoms with Gasteiger partial charge in [-0.15, -0.1) is 11.3 Å². The zero-order chi connectivity index (χ0) is 21.8. The lowest BCUT2D eigenvalue weighted by molar-refractivity contribution is -0.137. The summed E-state index contributed by atoms with van der Waals surface area (Å²) in [5.74, 6) is -0.295. The first-order valence-corrected chi connectivity index (χ1v) is 11.6. The van der Waals surface area contributed by atoms with E-state index in [1.807, 2.05) is 24.3 Å². The fourth-order valence-electron chi connectivity index (χ4n) is 3.23. The van der Waals surface area contributed by atoms with E-state index in [2.05, 4.69) is 4.98 Å². The molecule has 1 aliphatic heterocycles. The van der Waals surface area contributed by atoms with Crippen LogP contribution < -0.4 is 4.74 Å². The van der Waals surface area contributed by atoms with Crippen molar-refractivity contribution < 1.29 is 23.5 Å². The van der Waals surface area contributed by atoms with Crippen molar-refractivity contribution in [2.24, 2.45) is 0 Å². The van der Waals surface area contributed by atoms with E-state index in [4.69, 9.17) is 9.47 Å². The van der Waals surface area contributed by atoms with Crippen molar-refractivity contribution in [2.45, 2.75) is 17.4 Å². The molecular formula is C22H21FN2O4S2. The van der Waals surface area contributed by atoms with Gasteiger partial charge in [0.1, 0.15) is 24.3 Å². The standard InChI is InChI=1S/C22H21FN2O4S2/c1-14(26)17-7-6-15(10-18(17)23)29-12-16-11-25(8-9-28-16)21(27)13-30-22-24-19-4-2-3-5-20(19)31-22/h2-7,10,16H,8-9,11-13H2,1H3. The van der Waals surface area contributed by atoms with Crippen LogP contribution in [0.2, 0.25) is 0 Å². The van der Waals surface area contributed by atoms with Crippen LogP contribution in [0.25, 0.3) is 10.2 Å². The van der Waals surface area contributed by atoms with Gasteiger partial charge in [-0.3, -0.25) is 9.59 Å². The molecule has 1 unspecified atom stereocenters. The molecule has 1 fully saturated rings. The minimum atomic E-state index is -0.613. The van der Waals surface area contributed by atoms with Gasteiger partial charge in [-0.05, 0) is 31.2 Å². The molecule has 1 aromatic heterocycles. The van der Waals surface area contributed by atoms with Gasteiger partial charge in [-0.1, -0.05) is 23.9 Å². The third-order valence-corrected chi connectivity index (χ3v) is 7.00. The van der Waals surface area contributed by atoms with Crippen molar-refractivity contribution >= 4 is 45.0 Å². The van der Waals surface area contributed by atoms with E-state index >= 15 is 0 Å². The quantitative estimate of drug-likeness (QED) is 0.392. The largest absolute Gasteiger partial charge is 0.491 e. The monoisotopic (exact) mass is 460 g/mol. The average molecular weight is 461 g/mol. The van der Waals surface area contributed by atoms with Gasteiger partial charge in [-0.2, -0.15) is 0 Å². The number of nitrogens with zero attached hydrogens (tertiary/aromatic N) is 2. The number of ether oxygens (including phenoxy) is 2. The van der Waals surface area contributed by atoms with Crippen molar-refractivity contribution in [3.8, 4) is 5.75 Å². The van der Waals surface area contributed by atoms with E-state index in [1.165, 1.54) is 30.8 Å². The normalized spacial score (nSPS) is 16.5. The summed E-state index contributed by atoms with van der Waals surface area (Å²) in [5, 5.41) is 0. The molecule has 1 saturated heterocycles. The number of hydrogen-bond acceptors (Lipinski definition) is 7. The van der Waals surface area contributed by atoms with Crippen LogP contribution in [0.5, 0.6) is 5.75 Å². The van der Waals surface area contributed by atoms with Crippen molar-refractivity contribution in [3.05, 3.63) is 53.8 Å². The minimum absolute atomic E-state index is 0.0226. The lowest BCUT2D eigenvalue weighted by Crippen LogP contribution is -2.48. The van der Waals surface area contributed by atoms with E-state index in [0.717, 1.165) is 14.6 Å². The molecule has 162 valence electrons. The smallest absolute Gasteiger partial charge is 0.233 e. The Balaban J connectivity index is 1.28. The van der Waals surface area contributed by atoms with Crippen LogP contribution in [0.1, 0.15) is 17.3 Å². The fraction of sp³-hybridized carbons (Fsp3) is 0.318. The van der Waals surface area contributed by atoms with E-state index in [1.54, 1.807) is 22.3 Å². The first-order chi connectivity index (χ1) is 15.0. The van der Waals surface area contributed by atoms with Crippen LogP contribution in [0.4, 0.5) is 4.39 Å². The molecule has 0 radical (unpaired) electrons. The number of carbonyl (C=O) groups excluding carboxylic acids is 2. The average Bonchev–Trinajstić information content (AvgIpc) is 3.19. The summed E-state index contributed by atoms with van der Waals surface area (Å²) in [6.45, 7) is 2.86. The number of hydrogen-bond donors (Lipinski definition) is 0. The van der Waals surface area contributed by atoms with Crippen LogP contribution in [-0.2, 0) is 9.53 Å². The zero-order valence-corrected chi connectivity index (χ0v) is 18.5. The van der Waals surface area contributed by atoms with Crippen molar-refractivity contribution in [1.29, 1.82) is 0 Å². The third-order valence-electron chi connectivity index (χ3n) is 4.84. The summed E-state index contributed by atoms with van der Waals surface area (Å²) in [6.07, 6.45) is -0.305. The molecule has 1 amide bonds. The van der Waals surface area contributed by atoms with Crippen molar-refractivity contribution in [2.75, 3.05) is 32.1 Å². The number of benzene rings is 2. The first kappa shape index (κ1) is 21.7. The number of para-hydroxylation sites is 1. The molecule has 0 aliphatic carbocycles. The minimum Gasteiger partial charge on any atom is -0.491 e. The SMILES string of the molecule is CC(=O)c1ccc(OCC2CN(C(=O)CSc3nc4ccccc4s3)CCO2)cc1F. The number of Topliss-reactive ketones (excluding diaryl/α,β-unsaturated/α-hetero) is 1. The molecule has 9 heteroatoms. The highest BCUT2D eigenvalue weighted by Crippen LogP contribution is 2.29. The molecule has 6 nitrogen and oxygen atoms in total. The van der Waals surface area contributed by atoms with Gasteiger partial charge in [0, 0.05) is 12.6 Å². The highest BCUT2D eigenvalue weighted by Gasteiger charge is 2.25. The topological polar surface area (TPSA) is 68.7 Å². The van der Waals surface area contributed by atoms with E-state index < -0.39 is 5.82 Å². The Labute approximate surface area is 187 Å². The molecule has 2 heterocycles. The van der Waals surface area contributed by atoms with Crippen molar-refractivity contribution in [3.63, 3.8) is 0 Å². The first-order valence-electron chi connectivity index (χ1n) is 9.80. The Morgan fingerprint density at radius 2 is 2.16 bits per heavy atom. The number of amides is 1. The number of thiazole rings is 1. The number of rotatable bonds is 7. The molecule has 1 aliphatic rings. The molecule has 0 saturated carbocycles. The summed E-state index contributed by atoms with van der Waals surface area (Å²) in [6, 6.07) is 12.1. The number of aromatic nitrogens is 1. The van der Waals surface area contributed by atoms with Gasteiger partial charge in [-0.25, -0.2) is 9.37 Å². The van der Waals surface area contributed by atoms with Gasteiger partial charge in [0.25, 0.3) is 0 Å². The molecule has 2 aromatic carbocycles. The second-order valence-electron chi connectivity index (χ2n) is 7.08. The number of morpholine rings is 1. The van der Waals surface area contributed by atoms with Gasteiger partial charge in [0.05, 0.1) is 34.7 Å². The maximum Gasteiger partial charge on any atom is 0.233 e. The Morgan fingerprint density at radius 3 is 2.94 bits per heavy atom. The lowest BCUT2D eigenvalue weighted by Gasteiger charge is -2.32. The van der Waals surface area contributed by atoms with Crippen LogP contribution in [0.3, 0.4) is 0 Å². The molecule has 0 bridgehead atoms. The summed E-state index contributed by atoms with van der Waals surface area (Å²) in [4.78, 5) is 30.3. The predicted molar refractivity (Wildman–Crippen MR) is 119 cm³/mol. The third kappa shape index (κ3) is 5.41.